The van der Waals surface area contributed by atoms with Crippen molar-refractivity contribution in [3.63, 3.8) is 0 Å². The normalized spacial score (nSPS) is 12.4. The van der Waals surface area contributed by atoms with Gasteiger partial charge in [-0.25, -0.2) is 0 Å². The molecule has 136 valence electrons. The molecule has 0 unspecified atom stereocenters. The first-order valence-corrected chi connectivity index (χ1v) is 8.72. The molecule has 0 spiro atoms. The predicted molar refractivity (Wildman–Crippen MR) is 99.1 cm³/mol. The SMILES string of the molecule is CCN(CC)C(=O)c1cccc(C(=O)Nc2ccc3c(c2)OCCO3)c1. The Morgan fingerprint density at radius 1 is 0.962 bits per heavy atom. The number of ether oxygens (including phenoxy) is 2. The zero-order chi connectivity index (χ0) is 18.5. The molecule has 2 aromatic carbocycles. The molecule has 0 fully saturated rings. The van der Waals surface area contributed by atoms with Crippen molar-refractivity contribution in [2.24, 2.45) is 0 Å². The molecule has 26 heavy (non-hydrogen) atoms. The minimum Gasteiger partial charge on any atom is -0.486 e. The van der Waals surface area contributed by atoms with Gasteiger partial charge in [0.25, 0.3) is 11.8 Å². The molecular formula is C20H22N2O4. The summed E-state index contributed by atoms with van der Waals surface area (Å²) in [5.41, 5.74) is 1.54. The van der Waals surface area contributed by atoms with Crippen molar-refractivity contribution in [3.05, 3.63) is 53.6 Å². The Hall–Kier alpha value is -3.02. The summed E-state index contributed by atoms with van der Waals surface area (Å²) in [7, 11) is 0. The highest BCUT2D eigenvalue weighted by Crippen LogP contribution is 2.32. The highest BCUT2D eigenvalue weighted by atomic mass is 16.6. The summed E-state index contributed by atoms with van der Waals surface area (Å²) in [5.74, 6) is 0.917. The Kier molecular flexibility index (Phi) is 5.41. The van der Waals surface area contributed by atoms with Crippen LogP contribution in [0.2, 0.25) is 0 Å². The lowest BCUT2D eigenvalue weighted by molar-refractivity contribution is 0.0773. The number of carbonyl (C=O) groups is 2. The van der Waals surface area contributed by atoms with E-state index in [0.29, 0.717) is 54.6 Å². The predicted octanol–water partition coefficient (Wildman–Crippen LogP) is 3.19. The van der Waals surface area contributed by atoms with E-state index < -0.39 is 0 Å². The van der Waals surface area contributed by atoms with Crippen molar-refractivity contribution in [2.75, 3.05) is 31.6 Å². The van der Waals surface area contributed by atoms with E-state index in [-0.39, 0.29) is 11.8 Å². The van der Waals surface area contributed by atoms with Gasteiger partial charge in [0, 0.05) is 36.0 Å². The highest BCUT2D eigenvalue weighted by Gasteiger charge is 2.16. The summed E-state index contributed by atoms with van der Waals surface area (Å²) in [6.07, 6.45) is 0. The van der Waals surface area contributed by atoms with Crippen LogP contribution >= 0.6 is 0 Å². The Bertz CT molecular complexity index is 815. The highest BCUT2D eigenvalue weighted by molar-refractivity contribution is 6.06. The largest absolute Gasteiger partial charge is 0.486 e. The van der Waals surface area contributed by atoms with Gasteiger partial charge in [-0.2, -0.15) is 0 Å². The number of fused-ring (bicyclic) bond motifs is 1. The third kappa shape index (κ3) is 3.79. The number of hydrogen-bond acceptors (Lipinski definition) is 4. The first kappa shape index (κ1) is 17.8. The summed E-state index contributed by atoms with van der Waals surface area (Å²) in [4.78, 5) is 26.7. The maximum absolute atomic E-state index is 12.6. The molecule has 0 aromatic heterocycles. The molecule has 3 rings (SSSR count). The molecule has 1 N–H and O–H groups in total. The number of carbonyl (C=O) groups excluding carboxylic acids is 2. The fraction of sp³-hybridized carbons (Fsp3) is 0.300. The van der Waals surface area contributed by atoms with Gasteiger partial charge >= 0.3 is 0 Å². The van der Waals surface area contributed by atoms with Crippen molar-refractivity contribution in [1.29, 1.82) is 0 Å². The molecule has 0 aliphatic carbocycles. The molecule has 0 saturated heterocycles. The van der Waals surface area contributed by atoms with Crippen LogP contribution in [0.25, 0.3) is 0 Å². The second-order valence-corrected chi connectivity index (χ2v) is 5.87. The lowest BCUT2D eigenvalue weighted by Gasteiger charge is -2.19. The van der Waals surface area contributed by atoms with Crippen LogP contribution in [0, 0.1) is 0 Å². The van der Waals surface area contributed by atoms with Gasteiger partial charge in [-0.3, -0.25) is 9.59 Å². The van der Waals surface area contributed by atoms with Crippen LogP contribution in [0.5, 0.6) is 11.5 Å². The average Bonchev–Trinajstić information content (AvgIpc) is 2.69. The van der Waals surface area contributed by atoms with Crippen molar-refractivity contribution < 1.29 is 19.1 Å². The van der Waals surface area contributed by atoms with E-state index in [0.717, 1.165) is 0 Å². The quantitative estimate of drug-likeness (QED) is 0.895. The number of amides is 2. The number of nitrogens with zero attached hydrogens (tertiary/aromatic N) is 1. The zero-order valence-corrected chi connectivity index (χ0v) is 15.0. The molecule has 6 nitrogen and oxygen atoms in total. The van der Waals surface area contributed by atoms with E-state index in [9.17, 15) is 9.59 Å². The lowest BCUT2D eigenvalue weighted by Crippen LogP contribution is -2.30. The minimum atomic E-state index is -0.282. The second-order valence-electron chi connectivity index (χ2n) is 5.87. The van der Waals surface area contributed by atoms with Crippen LogP contribution < -0.4 is 14.8 Å². The van der Waals surface area contributed by atoms with E-state index in [2.05, 4.69) is 5.32 Å². The molecule has 1 aliphatic heterocycles. The average molecular weight is 354 g/mol. The van der Waals surface area contributed by atoms with Gasteiger partial charge in [-0.15, -0.1) is 0 Å². The smallest absolute Gasteiger partial charge is 0.255 e. The summed E-state index contributed by atoms with van der Waals surface area (Å²) in [6, 6.07) is 12.0. The van der Waals surface area contributed by atoms with Gasteiger partial charge in [0.05, 0.1) is 0 Å². The van der Waals surface area contributed by atoms with Crippen molar-refractivity contribution >= 4 is 17.5 Å². The second kappa shape index (κ2) is 7.91. The molecule has 0 radical (unpaired) electrons. The van der Waals surface area contributed by atoms with Crippen LogP contribution in [0.15, 0.2) is 42.5 Å². The maximum Gasteiger partial charge on any atom is 0.255 e. The fourth-order valence-electron chi connectivity index (χ4n) is 2.81. The van der Waals surface area contributed by atoms with Gasteiger partial charge in [-0.1, -0.05) is 6.07 Å². The molecule has 1 heterocycles. The van der Waals surface area contributed by atoms with E-state index in [1.807, 2.05) is 13.8 Å². The topological polar surface area (TPSA) is 67.9 Å². The van der Waals surface area contributed by atoms with E-state index in [1.165, 1.54) is 0 Å². The fourth-order valence-corrected chi connectivity index (χ4v) is 2.81. The maximum atomic E-state index is 12.6. The standard InChI is InChI=1S/C20H22N2O4/c1-3-22(4-2)20(24)15-7-5-6-14(12-15)19(23)21-16-8-9-17-18(13-16)26-11-10-25-17/h5-9,12-13H,3-4,10-11H2,1-2H3,(H,21,23). The Morgan fingerprint density at radius 3 is 2.38 bits per heavy atom. The Balaban J connectivity index is 1.76. The van der Waals surface area contributed by atoms with Crippen LogP contribution in [0.1, 0.15) is 34.6 Å². The van der Waals surface area contributed by atoms with Gasteiger partial charge in [0.2, 0.25) is 0 Å². The van der Waals surface area contributed by atoms with Gasteiger partial charge in [-0.05, 0) is 44.2 Å². The summed E-state index contributed by atoms with van der Waals surface area (Å²) in [5, 5.41) is 2.83. The van der Waals surface area contributed by atoms with Crippen LogP contribution in [-0.4, -0.2) is 43.0 Å². The number of nitrogens with one attached hydrogen (secondary N) is 1. The lowest BCUT2D eigenvalue weighted by atomic mass is 10.1. The zero-order valence-electron chi connectivity index (χ0n) is 15.0. The van der Waals surface area contributed by atoms with E-state index >= 15 is 0 Å². The summed E-state index contributed by atoms with van der Waals surface area (Å²) < 4.78 is 11.0. The van der Waals surface area contributed by atoms with Crippen LogP contribution in [0.4, 0.5) is 5.69 Å². The number of benzene rings is 2. The first-order chi connectivity index (χ1) is 12.6. The van der Waals surface area contributed by atoms with Crippen LogP contribution in [0.3, 0.4) is 0 Å². The summed E-state index contributed by atoms with van der Waals surface area (Å²) in [6.45, 7) is 6.12. The van der Waals surface area contributed by atoms with E-state index in [4.69, 9.17) is 9.47 Å². The van der Waals surface area contributed by atoms with Crippen molar-refractivity contribution in [1.82, 2.24) is 4.90 Å². The number of hydrogen-bond donors (Lipinski definition) is 1. The Morgan fingerprint density at radius 2 is 1.65 bits per heavy atom. The van der Waals surface area contributed by atoms with Gasteiger partial charge in [0.1, 0.15) is 13.2 Å². The third-order valence-electron chi connectivity index (χ3n) is 4.22. The van der Waals surface area contributed by atoms with Crippen molar-refractivity contribution in [2.45, 2.75) is 13.8 Å². The van der Waals surface area contributed by atoms with Crippen molar-refractivity contribution in [3.8, 4) is 11.5 Å². The first-order valence-electron chi connectivity index (χ1n) is 8.72. The van der Waals surface area contributed by atoms with E-state index in [1.54, 1.807) is 47.4 Å². The molecule has 6 heteroatoms. The van der Waals surface area contributed by atoms with Gasteiger partial charge < -0.3 is 19.7 Å². The monoisotopic (exact) mass is 354 g/mol. The molecule has 0 saturated carbocycles. The third-order valence-corrected chi connectivity index (χ3v) is 4.22. The molecular weight excluding hydrogens is 332 g/mol. The van der Waals surface area contributed by atoms with Gasteiger partial charge in [0.15, 0.2) is 11.5 Å². The molecule has 2 amide bonds. The minimum absolute atomic E-state index is 0.0796. The molecule has 0 bridgehead atoms. The summed E-state index contributed by atoms with van der Waals surface area (Å²) >= 11 is 0. The molecule has 0 atom stereocenters. The molecule has 1 aliphatic rings. The molecule has 2 aromatic rings. The van der Waals surface area contributed by atoms with Crippen LogP contribution in [-0.2, 0) is 0 Å². The number of anilines is 1. The Labute approximate surface area is 152 Å². The number of rotatable bonds is 5.